The molecule has 59 heavy (non-hydrogen) atoms. The number of halogens is 6. The Morgan fingerprint density at radius 2 is 1.22 bits per heavy atom. The average molecular weight is 860 g/mol. The highest BCUT2D eigenvalue weighted by atomic mass is 32.2. The van der Waals surface area contributed by atoms with Gasteiger partial charge in [0.05, 0.1) is 36.0 Å². The second kappa shape index (κ2) is 16.5. The van der Waals surface area contributed by atoms with Gasteiger partial charge in [0.15, 0.2) is 10.9 Å². The van der Waals surface area contributed by atoms with Crippen LogP contribution in [0.4, 0.5) is 31.1 Å². The molecule has 8 rings (SSSR count). The SMILES string of the molecule is Cc1cc(C(F)(F)F)c(C)cc1Oc1ccc2c(c1)OCC[C@H]2C1SC(=O)NC1=O.Cc1cc(C(F)(F)F)ccc1Oc1ccc2c(c1)OCC[C@H]2C1SC(=O)CC1=O. The maximum atomic E-state index is 13.1. The van der Waals surface area contributed by atoms with Crippen LogP contribution in [-0.2, 0) is 26.7 Å². The molecule has 9 nitrogen and oxygen atoms in total. The van der Waals surface area contributed by atoms with E-state index in [1.165, 1.54) is 19.1 Å². The number of benzene rings is 4. The van der Waals surface area contributed by atoms with Crippen molar-refractivity contribution in [3.05, 3.63) is 106 Å². The lowest BCUT2D eigenvalue weighted by atomic mass is 9.88. The Labute approximate surface area is 342 Å². The van der Waals surface area contributed by atoms with Crippen molar-refractivity contribution >= 4 is 45.6 Å². The van der Waals surface area contributed by atoms with Gasteiger partial charge in [-0.15, -0.1) is 0 Å². The van der Waals surface area contributed by atoms with Crippen molar-refractivity contribution in [1.82, 2.24) is 5.32 Å². The highest BCUT2D eigenvalue weighted by Crippen LogP contribution is 2.47. The lowest BCUT2D eigenvalue weighted by molar-refractivity contribution is -0.138. The number of carbonyl (C=O) groups is 4. The predicted molar refractivity (Wildman–Crippen MR) is 207 cm³/mol. The van der Waals surface area contributed by atoms with E-state index in [9.17, 15) is 45.5 Å². The molecule has 4 aliphatic heterocycles. The first-order valence-corrected chi connectivity index (χ1v) is 20.1. The lowest BCUT2D eigenvalue weighted by Crippen LogP contribution is -2.31. The van der Waals surface area contributed by atoms with Crippen molar-refractivity contribution in [2.24, 2.45) is 0 Å². The Morgan fingerprint density at radius 1 is 0.644 bits per heavy atom. The van der Waals surface area contributed by atoms with Crippen molar-refractivity contribution in [3.8, 4) is 34.5 Å². The van der Waals surface area contributed by atoms with Crippen molar-refractivity contribution in [1.29, 1.82) is 0 Å². The Hall–Kier alpha value is -5.16. The summed E-state index contributed by atoms with van der Waals surface area (Å²) in [7, 11) is 0. The second-order valence-electron chi connectivity index (χ2n) is 14.4. The molecule has 4 heterocycles. The van der Waals surface area contributed by atoms with Crippen LogP contribution in [0.1, 0.15) is 70.0 Å². The number of hydrogen-bond acceptors (Lipinski definition) is 10. The minimum Gasteiger partial charge on any atom is -0.493 e. The van der Waals surface area contributed by atoms with E-state index >= 15 is 0 Å². The zero-order valence-electron chi connectivity index (χ0n) is 31.5. The minimum atomic E-state index is -4.42. The number of hydrogen-bond donors (Lipinski definition) is 1. The average Bonchev–Trinajstić information content (AvgIpc) is 3.69. The number of thioether (sulfide) groups is 2. The Bertz CT molecular complexity index is 2350. The van der Waals surface area contributed by atoms with E-state index < -0.39 is 34.0 Å². The molecule has 17 heteroatoms. The molecule has 0 bridgehead atoms. The fourth-order valence-electron chi connectivity index (χ4n) is 7.38. The van der Waals surface area contributed by atoms with E-state index in [1.54, 1.807) is 50.2 Å². The normalized spacial score (nSPS) is 21.4. The lowest BCUT2D eigenvalue weighted by Gasteiger charge is -2.29. The van der Waals surface area contributed by atoms with Gasteiger partial charge in [-0.3, -0.25) is 24.5 Å². The van der Waals surface area contributed by atoms with Crippen molar-refractivity contribution in [2.45, 2.75) is 74.7 Å². The first kappa shape index (κ1) is 42.0. The molecule has 2 amide bonds. The molecule has 2 saturated heterocycles. The molecule has 0 saturated carbocycles. The number of amides is 2. The van der Waals surface area contributed by atoms with Crippen LogP contribution >= 0.6 is 23.5 Å². The first-order valence-electron chi connectivity index (χ1n) is 18.3. The van der Waals surface area contributed by atoms with Crippen LogP contribution in [0.15, 0.2) is 66.7 Å². The fraction of sp³-hybridized carbons (Fsp3) is 0.333. The number of aryl methyl sites for hydroxylation is 3. The van der Waals surface area contributed by atoms with E-state index in [0.717, 1.165) is 52.8 Å². The van der Waals surface area contributed by atoms with E-state index in [2.05, 4.69) is 5.32 Å². The highest BCUT2D eigenvalue weighted by Gasteiger charge is 2.42. The molecule has 0 aliphatic carbocycles. The summed E-state index contributed by atoms with van der Waals surface area (Å²) >= 11 is 2.07. The molecule has 4 aromatic rings. The van der Waals surface area contributed by atoms with Crippen LogP contribution in [0.25, 0.3) is 0 Å². The fourth-order valence-corrected chi connectivity index (χ4v) is 9.56. The van der Waals surface area contributed by atoms with Crippen LogP contribution in [0.2, 0.25) is 0 Å². The van der Waals surface area contributed by atoms with Gasteiger partial charge in [-0.2, -0.15) is 26.3 Å². The number of imide groups is 1. The summed E-state index contributed by atoms with van der Waals surface area (Å²) < 4.78 is 101. The van der Waals surface area contributed by atoms with Crippen molar-refractivity contribution < 1.29 is 64.5 Å². The molecule has 0 aromatic heterocycles. The number of nitrogens with one attached hydrogen (secondary N) is 1. The van der Waals surface area contributed by atoms with E-state index in [4.69, 9.17) is 18.9 Å². The summed E-state index contributed by atoms with van der Waals surface area (Å²) in [6, 6.07) is 16.0. The summed E-state index contributed by atoms with van der Waals surface area (Å²) in [4.78, 5) is 47.4. The number of alkyl halides is 6. The Balaban J connectivity index is 0.000000179. The number of Topliss-reactive ketones (excluding diaryl/α,β-unsaturated/α-hetero) is 1. The maximum absolute atomic E-state index is 13.1. The molecule has 0 radical (unpaired) electrons. The summed E-state index contributed by atoms with van der Waals surface area (Å²) in [5.41, 5.74) is 1.03. The quantitative estimate of drug-likeness (QED) is 0.148. The van der Waals surface area contributed by atoms with E-state index in [1.807, 2.05) is 0 Å². The van der Waals surface area contributed by atoms with Crippen molar-refractivity contribution in [2.75, 3.05) is 13.2 Å². The van der Waals surface area contributed by atoms with Crippen LogP contribution in [0.3, 0.4) is 0 Å². The molecule has 4 atom stereocenters. The summed E-state index contributed by atoms with van der Waals surface area (Å²) in [6.45, 7) is 5.30. The summed E-state index contributed by atoms with van der Waals surface area (Å²) in [5.74, 6) is 1.94. The first-order chi connectivity index (χ1) is 27.8. The topological polar surface area (TPSA) is 117 Å². The molecule has 2 unspecified atom stereocenters. The zero-order valence-corrected chi connectivity index (χ0v) is 33.2. The van der Waals surface area contributed by atoms with Crippen LogP contribution in [0, 0.1) is 20.8 Å². The predicted octanol–water partition coefficient (Wildman–Crippen LogP) is 10.6. The molecule has 2 fully saturated rings. The molecule has 1 N–H and O–H groups in total. The van der Waals surface area contributed by atoms with Gasteiger partial charge >= 0.3 is 12.4 Å². The third-order valence-electron chi connectivity index (χ3n) is 10.3. The molecule has 0 spiro atoms. The minimum absolute atomic E-state index is 0.0313. The maximum Gasteiger partial charge on any atom is 0.416 e. The number of rotatable bonds is 6. The number of carbonyl (C=O) groups excluding carboxylic acids is 4. The third-order valence-corrected chi connectivity index (χ3v) is 12.6. The van der Waals surface area contributed by atoms with Crippen LogP contribution in [-0.4, -0.2) is 45.8 Å². The van der Waals surface area contributed by atoms with E-state index in [-0.39, 0.29) is 45.9 Å². The largest absolute Gasteiger partial charge is 0.493 e. The van der Waals surface area contributed by atoms with Gasteiger partial charge in [-0.25, -0.2) is 0 Å². The standard InChI is InChI=1S/C21H18F3NO4S.C21H17F3O4S/c1-10-8-16(11(2)7-15(10)21(22,23)24)29-12-3-4-13-14(5-6-28-17(13)9-12)18-19(26)25-20(27)30-18;1-11-8-12(21(22,23)24)2-5-17(11)28-13-3-4-14-15(6-7-27-18(14)9-13)20-16(25)10-19(26)29-20/h3-4,7-9,14,18H,5-6H2,1-2H3,(H,25,26,27);2-5,8-9,15,20H,6-7,10H2,1H3/t14-,18?;15-,20?/m11/s1. The van der Waals surface area contributed by atoms with Crippen LogP contribution in [0.5, 0.6) is 34.5 Å². The van der Waals surface area contributed by atoms with Gasteiger partial charge in [-0.05, 0) is 104 Å². The van der Waals surface area contributed by atoms with Gasteiger partial charge in [0.25, 0.3) is 5.24 Å². The van der Waals surface area contributed by atoms with Gasteiger partial charge in [0.2, 0.25) is 5.91 Å². The van der Waals surface area contributed by atoms with Crippen LogP contribution < -0.4 is 24.3 Å². The summed E-state index contributed by atoms with van der Waals surface area (Å²) in [5, 5.41) is 0.942. The second-order valence-corrected chi connectivity index (χ2v) is 16.7. The number of fused-ring (bicyclic) bond motifs is 2. The third kappa shape index (κ3) is 9.20. The molecule has 310 valence electrons. The Kier molecular flexibility index (Phi) is 11.7. The van der Waals surface area contributed by atoms with Gasteiger partial charge in [0.1, 0.15) is 39.7 Å². The zero-order chi connectivity index (χ0) is 42.4. The number of ketones is 1. The molecule has 4 aromatic carbocycles. The number of ether oxygens (including phenoxy) is 4. The van der Waals surface area contributed by atoms with Gasteiger partial charge in [-0.1, -0.05) is 35.7 Å². The summed E-state index contributed by atoms with van der Waals surface area (Å²) in [6.07, 6.45) is -7.62. The molecular formula is C42H35F6NO8S2. The van der Waals surface area contributed by atoms with E-state index in [0.29, 0.717) is 71.7 Å². The highest BCUT2D eigenvalue weighted by molar-refractivity contribution is 8.15. The van der Waals surface area contributed by atoms with Crippen molar-refractivity contribution in [3.63, 3.8) is 0 Å². The molecule has 4 aliphatic rings. The Morgan fingerprint density at radius 3 is 1.73 bits per heavy atom. The molecular weight excluding hydrogens is 825 g/mol. The van der Waals surface area contributed by atoms with Gasteiger partial charge < -0.3 is 18.9 Å². The smallest absolute Gasteiger partial charge is 0.416 e. The van der Waals surface area contributed by atoms with Gasteiger partial charge in [0, 0.05) is 24.0 Å². The monoisotopic (exact) mass is 859 g/mol.